The molecule has 0 aromatic carbocycles. The second-order valence-corrected chi connectivity index (χ2v) is 5.50. The molecule has 2 atom stereocenters. The average Bonchev–Trinajstić information content (AvgIpc) is 2.88. The first kappa shape index (κ1) is 13.3. The molecule has 1 saturated heterocycles. The van der Waals surface area contributed by atoms with E-state index < -0.39 is 0 Å². The van der Waals surface area contributed by atoms with Crippen molar-refractivity contribution in [2.24, 2.45) is 11.7 Å². The number of piperidine rings is 1. The molecular weight excluding hydrogens is 256 g/mol. The lowest BCUT2D eigenvalue weighted by molar-refractivity contribution is 0.0978. The molecule has 0 spiro atoms. The Kier molecular flexibility index (Phi) is 3.54. The van der Waals surface area contributed by atoms with Crippen molar-refractivity contribution in [3.05, 3.63) is 28.4 Å². The van der Waals surface area contributed by atoms with Gasteiger partial charge in [0, 0.05) is 25.2 Å². The summed E-state index contributed by atoms with van der Waals surface area (Å²) in [5.74, 6) is 1.01. The van der Waals surface area contributed by atoms with E-state index in [1.165, 1.54) is 23.7 Å². The first-order chi connectivity index (χ1) is 9.69. The number of nitrogens with zero attached hydrogens (tertiary/aromatic N) is 4. The highest BCUT2D eigenvalue weighted by molar-refractivity contribution is 5.26. The molecule has 1 aliphatic rings. The standard InChI is InChI=1S/C13H20N6O/c1-9-3-2-4-18(11(9)6-14)7-10-5-12(20)19-13(17-10)15-8-16-19/h5,8-9,11H,2-4,6-7,14H2,1H3,(H,15,16,17). The van der Waals surface area contributed by atoms with Gasteiger partial charge in [0.15, 0.2) is 0 Å². The molecule has 0 aliphatic carbocycles. The highest BCUT2D eigenvalue weighted by Crippen LogP contribution is 2.23. The van der Waals surface area contributed by atoms with Crippen molar-refractivity contribution in [3.63, 3.8) is 0 Å². The fourth-order valence-corrected chi connectivity index (χ4v) is 3.07. The summed E-state index contributed by atoms with van der Waals surface area (Å²) in [7, 11) is 0. The largest absolute Gasteiger partial charge is 0.329 e. The second kappa shape index (κ2) is 5.34. The van der Waals surface area contributed by atoms with Crippen LogP contribution < -0.4 is 11.3 Å². The summed E-state index contributed by atoms with van der Waals surface area (Å²) < 4.78 is 1.34. The molecule has 1 fully saturated rings. The Morgan fingerprint density at radius 1 is 1.55 bits per heavy atom. The fourth-order valence-electron chi connectivity index (χ4n) is 3.07. The van der Waals surface area contributed by atoms with Crippen molar-refractivity contribution in [1.82, 2.24) is 24.5 Å². The molecule has 0 bridgehead atoms. The number of H-pyrrole nitrogens is 1. The maximum Gasteiger partial charge on any atom is 0.274 e. The van der Waals surface area contributed by atoms with Gasteiger partial charge in [0.05, 0.1) is 5.69 Å². The minimum absolute atomic E-state index is 0.128. The first-order valence-electron chi connectivity index (χ1n) is 7.05. The van der Waals surface area contributed by atoms with Crippen molar-refractivity contribution in [2.75, 3.05) is 13.1 Å². The minimum atomic E-state index is -0.128. The van der Waals surface area contributed by atoms with Crippen LogP contribution in [0.15, 0.2) is 17.2 Å². The molecule has 2 unspecified atom stereocenters. The summed E-state index contributed by atoms with van der Waals surface area (Å²) in [6.07, 6.45) is 3.85. The lowest BCUT2D eigenvalue weighted by Crippen LogP contribution is -2.48. The van der Waals surface area contributed by atoms with Crippen molar-refractivity contribution in [3.8, 4) is 0 Å². The van der Waals surface area contributed by atoms with Crippen LogP contribution in [0.4, 0.5) is 0 Å². The Bertz CT molecular complexity index is 648. The Hall–Kier alpha value is -1.73. The van der Waals surface area contributed by atoms with Crippen LogP contribution in [0.1, 0.15) is 25.5 Å². The number of fused-ring (bicyclic) bond motifs is 1. The van der Waals surface area contributed by atoms with Gasteiger partial charge in [0.1, 0.15) is 6.33 Å². The van der Waals surface area contributed by atoms with Gasteiger partial charge in [-0.05, 0) is 25.3 Å². The van der Waals surface area contributed by atoms with Gasteiger partial charge in [-0.25, -0.2) is 9.97 Å². The van der Waals surface area contributed by atoms with E-state index in [-0.39, 0.29) is 5.56 Å². The van der Waals surface area contributed by atoms with Crippen LogP contribution >= 0.6 is 0 Å². The predicted octanol–water partition coefficient (Wildman–Crippen LogP) is -0.0232. The number of nitrogens with one attached hydrogen (secondary N) is 1. The molecule has 20 heavy (non-hydrogen) atoms. The normalized spacial score (nSPS) is 24.3. The van der Waals surface area contributed by atoms with Crippen LogP contribution in [0.5, 0.6) is 0 Å². The van der Waals surface area contributed by atoms with E-state index in [0.29, 0.717) is 30.8 Å². The Balaban J connectivity index is 1.86. The molecule has 1 aliphatic heterocycles. The van der Waals surface area contributed by atoms with Gasteiger partial charge in [-0.1, -0.05) is 6.92 Å². The van der Waals surface area contributed by atoms with Gasteiger partial charge in [-0.2, -0.15) is 4.52 Å². The van der Waals surface area contributed by atoms with Gasteiger partial charge in [0.2, 0.25) is 0 Å². The Labute approximate surface area is 116 Å². The highest BCUT2D eigenvalue weighted by Gasteiger charge is 2.27. The van der Waals surface area contributed by atoms with Crippen LogP contribution in [0.3, 0.4) is 0 Å². The SMILES string of the molecule is CC1CCCN(Cc2cc(=O)n3[nH]cnc3n2)C1CN. The third-order valence-corrected chi connectivity index (χ3v) is 4.16. The molecule has 0 amide bonds. The van der Waals surface area contributed by atoms with E-state index in [9.17, 15) is 4.79 Å². The Morgan fingerprint density at radius 2 is 2.40 bits per heavy atom. The molecule has 108 valence electrons. The third kappa shape index (κ3) is 2.34. The fraction of sp³-hybridized carbons (Fsp3) is 0.615. The lowest BCUT2D eigenvalue weighted by Gasteiger charge is -2.39. The highest BCUT2D eigenvalue weighted by atomic mass is 16.1. The molecule has 0 saturated carbocycles. The summed E-state index contributed by atoms with van der Waals surface area (Å²) in [6, 6.07) is 1.93. The molecule has 0 radical (unpaired) electrons. The molecule has 3 rings (SSSR count). The summed E-state index contributed by atoms with van der Waals surface area (Å²) >= 11 is 0. The van der Waals surface area contributed by atoms with Crippen LogP contribution in [-0.4, -0.2) is 43.6 Å². The topological polar surface area (TPSA) is 92.3 Å². The van der Waals surface area contributed by atoms with Gasteiger partial charge >= 0.3 is 0 Å². The van der Waals surface area contributed by atoms with Crippen molar-refractivity contribution in [2.45, 2.75) is 32.4 Å². The van der Waals surface area contributed by atoms with Gasteiger partial charge < -0.3 is 5.73 Å². The number of rotatable bonds is 3. The monoisotopic (exact) mass is 276 g/mol. The van der Waals surface area contributed by atoms with Crippen LogP contribution in [0.25, 0.3) is 5.78 Å². The summed E-state index contributed by atoms with van der Waals surface area (Å²) in [5, 5.41) is 2.74. The smallest absolute Gasteiger partial charge is 0.274 e. The zero-order valence-corrected chi connectivity index (χ0v) is 11.6. The molecule has 3 N–H and O–H groups in total. The number of nitrogens with two attached hydrogens (primary N) is 1. The number of hydrogen-bond acceptors (Lipinski definition) is 5. The van der Waals surface area contributed by atoms with E-state index in [1.807, 2.05) is 0 Å². The second-order valence-electron chi connectivity index (χ2n) is 5.50. The van der Waals surface area contributed by atoms with Crippen molar-refractivity contribution < 1.29 is 0 Å². The molecule has 2 aromatic rings. The number of aromatic amines is 1. The van der Waals surface area contributed by atoms with Crippen LogP contribution in [-0.2, 0) is 6.54 Å². The lowest BCUT2D eigenvalue weighted by atomic mass is 9.90. The zero-order chi connectivity index (χ0) is 14.1. The molecular formula is C13H20N6O. The van der Waals surface area contributed by atoms with Crippen molar-refractivity contribution in [1.29, 1.82) is 0 Å². The maximum atomic E-state index is 11.9. The van der Waals surface area contributed by atoms with Gasteiger partial charge in [-0.15, -0.1) is 0 Å². The molecule has 7 nitrogen and oxygen atoms in total. The summed E-state index contributed by atoms with van der Waals surface area (Å²) in [5.41, 5.74) is 6.53. The van der Waals surface area contributed by atoms with Gasteiger partial charge in [-0.3, -0.25) is 14.8 Å². The molecule has 3 heterocycles. The zero-order valence-electron chi connectivity index (χ0n) is 11.6. The summed E-state index contributed by atoms with van der Waals surface area (Å²) in [6.45, 7) is 4.55. The van der Waals surface area contributed by atoms with Crippen LogP contribution in [0.2, 0.25) is 0 Å². The van der Waals surface area contributed by atoms with Crippen molar-refractivity contribution >= 4 is 5.78 Å². The third-order valence-electron chi connectivity index (χ3n) is 4.16. The van der Waals surface area contributed by atoms with Crippen LogP contribution in [0, 0.1) is 5.92 Å². The Morgan fingerprint density at radius 3 is 3.20 bits per heavy atom. The average molecular weight is 276 g/mol. The van der Waals surface area contributed by atoms with E-state index in [2.05, 4.69) is 26.9 Å². The number of likely N-dealkylation sites (tertiary alicyclic amines) is 1. The number of hydrogen-bond donors (Lipinski definition) is 2. The molecule has 7 heteroatoms. The maximum absolute atomic E-state index is 11.9. The van der Waals surface area contributed by atoms with E-state index >= 15 is 0 Å². The van der Waals surface area contributed by atoms with E-state index in [1.54, 1.807) is 6.07 Å². The minimum Gasteiger partial charge on any atom is -0.329 e. The van der Waals surface area contributed by atoms with E-state index in [4.69, 9.17) is 5.73 Å². The predicted molar refractivity (Wildman–Crippen MR) is 75.3 cm³/mol. The number of aromatic nitrogens is 4. The summed E-state index contributed by atoms with van der Waals surface area (Å²) in [4.78, 5) is 22.7. The quantitative estimate of drug-likeness (QED) is 0.821. The van der Waals surface area contributed by atoms with Gasteiger partial charge in [0.25, 0.3) is 11.3 Å². The molecule has 2 aromatic heterocycles. The van der Waals surface area contributed by atoms with E-state index in [0.717, 1.165) is 12.2 Å². The first-order valence-corrected chi connectivity index (χ1v) is 7.05.